The smallest absolute Gasteiger partial charge is 0.252 e. The van der Waals surface area contributed by atoms with Crippen LogP contribution in [0, 0.1) is 13.8 Å². The highest BCUT2D eigenvalue weighted by atomic mass is 15.2. The van der Waals surface area contributed by atoms with Crippen molar-refractivity contribution in [2.24, 2.45) is 0 Å². The van der Waals surface area contributed by atoms with E-state index in [1.807, 2.05) is 0 Å². The molecule has 3 heteroatoms. The lowest BCUT2D eigenvalue weighted by molar-refractivity contribution is 0.332. The van der Waals surface area contributed by atoms with Gasteiger partial charge in [-0.15, -0.1) is 0 Å². The van der Waals surface area contributed by atoms with Crippen LogP contribution in [0.2, 0.25) is 0 Å². The van der Waals surface area contributed by atoms with E-state index in [-0.39, 0.29) is 50.0 Å². The van der Waals surface area contributed by atoms with Gasteiger partial charge < -0.3 is 9.80 Å². The zero-order chi connectivity index (χ0) is 50.4. The molecule has 2 aliphatic heterocycles. The molecule has 0 aromatic heterocycles. The summed E-state index contributed by atoms with van der Waals surface area (Å²) in [5.41, 5.74) is 28.2. The van der Waals surface area contributed by atoms with Crippen LogP contribution in [0.4, 0.5) is 34.1 Å². The van der Waals surface area contributed by atoms with Gasteiger partial charge in [-0.25, -0.2) is 0 Å². The Hall–Kier alpha value is -5.02. The van der Waals surface area contributed by atoms with Gasteiger partial charge in [-0.1, -0.05) is 178 Å². The van der Waals surface area contributed by atoms with Crippen LogP contribution in [-0.2, 0) is 43.3 Å². The molecule has 70 heavy (non-hydrogen) atoms. The highest BCUT2D eigenvalue weighted by molar-refractivity contribution is 7.00. The van der Waals surface area contributed by atoms with Crippen LogP contribution in [0.5, 0.6) is 0 Å². The number of hydrogen-bond acceptors (Lipinski definition) is 2. The first-order valence-corrected chi connectivity index (χ1v) is 26.9. The Morgan fingerprint density at radius 3 is 1.53 bits per heavy atom. The molecule has 0 spiro atoms. The van der Waals surface area contributed by atoms with E-state index in [2.05, 4.69) is 238 Å². The molecule has 2 nitrogen and oxygen atoms in total. The third-order valence-electron chi connectivity index (χ3n) is 19.0. The summed E-state index contributed by atoms with van der Waals surface area (Å²) < 4.78 is 0. The lowest BCUT2D eigenvalue weighted by atomic mass is 9.33. The normalized spacial score (nSPS) is 20.3. The predicted octanol–water partition coefficient (Wildman–Crippen LogP) is 16.3. The Labute approximate surface area is 423 Å². The van der Waals surface area contributed by atoms with Crippen LogP contribution in [0.1, 0.15) is 205 Å². The fraction of sp³-hybridized carbons (Fsp3) is 0.463. The van der Waals surface area contributed by atoms with E-state index in [0.717, 1.165) is 12.8 Å². The van der Waals surface area contributed by atoms with Crippen LogP contribution in [0.3, 0.4) is 0 Å². The number of hydrogen-bond donors (Lipinski definition) is 0. The maximum Gasteiger partial charge on any atom is 0.252 e. The first-order valence-electron chi connectivity index (χ1n) is 26.9. The van der Waals surface area contributed by atoms with Crippen LogP contribution in [0.15, 0.2) is 97.1 Å². The fourth-order valence-electron chi connectivity index (χ4n) is 15.4. The molecule has 6 aromatic rings. The quantitative estimate of drug-likeness (QED) is 0.162. The van der Waals surface area contributed by atoms with E-state index in [9.17, 15) is 0 Å². The van der Waals surface area contributed by atoms with E-state index >= 15 is 0 Å². The average molecular weight is 925 g/mol. The molecule has 0 N–H and O–H groups in total. The van der Waals surface area contributed by atoms with Gasteiger partial charge in [0.2, 0.25) is 0 Å². The monoisotopic (exact) mass is 925 g/mol. The van der Waals surface area contributed by atoms with E-state index < -0.39 is 0 Å². The summed E-state index contributed by atoms with van der Waals surface area (Å²) in [6, 6.07) is 39.6. The molecule has 0 saturated heterocycles. The van der Waals surface area contributed by atoms with Gasteiger partial charge in [-0.2, -0.15) is 0 Å². The van der Waals surface area contributed by atoms with Crippen molar-refractivity contribution in [2.45, 2.75) is 201 Å². The number of benzene rings is 6. The van der Waals surface area contributed by atoms with Gasteiger partial charge in [-0.05, 0) is 191 Å². The van der Waals surface area contributed by atoms with Crippen molar-refractivity contribution in [3.8, 4) is 0 Å². The minimum absolute atomic E-state index is 0.0340. The molecule has 6 aromatic carbocycles. The standard InChI is InChI=1S/C67H81BN2/c1-40-31-46-49(65(14,15)38-64(46,12)13)36-53(40)70-55-37-48-47(61(6,7)29-30-62(48,8)9)35-51(55)68-50-27-25-43(67(18,19)42-23-21-20-22-24-42)32-54(50)69(56-33-44(60(3,4)5)34-57(70)59(56)68)52-28-26-45-58(41(52)2)66(16,17)39-63(45,10)11/h20-28,31-37H,29-30,38-39H2,1-19H3. The van der Waals surface area contributed by atoms with Crippen molar-refractivity contribution in [3.63, 3.8) is 0 Å². The first kappa shape index (κ1) is 47.3. The summed E-state index contributed by atoms with van der Waals surface area (Å²) in [7, 11) is 0. The maximum atomic E-state index is 2.77. The molecule has 0 radical (unpaired) electrons. The molecule has 0 saturated carbocycles. The summed E-state index contributed by atoms with van der Waals surface area (Å²) in [6.45, 7) is 46.7. The molecule has 362 valence electrons. The number of rotatable bonds is 4. The molecule has 0 amide bonds. The van der Waals surface area contributed by atoms with E-state index in [4.69, 9.17) is 0 Å². The Bertz CT molecular complexity index is 3200. The van der Waals surface area contributed by atoms with Gasteiger partial charge in [0.15, 0.2) is 0 Å². The van der Waals surface area contributed by atoms with Crippen LogP contribution < -0.4 is 26.2 Å². The molecule has 0 unspecified atom stereocenters. The minimum Gasteiger partial charge on any atom is -0.311 e. The summed E-state index contributed by atoms with van der Waals surface area (Å²) in [5.74, 6) is 0. The third-order valence-corrected chi connectivity index (χ3v) is 19.0. The van der Waals surface area contributed by atoms with Crippen molar-refractivity contribution >= 4 is 57.2 Å². The van der Waals surface area contributed by atoms with Crippen molar-refractivity contribution < 1.29 is 0 Å². The van der Waals surface area contributed by atoms with Gasteiger partial charge in [0.05, 0.1) is 0 Å². The lowest BCUT2D eigenvalue weighted by Crippen LogP contribution is -2.62. The van der Waals surface area contributed by atoms with Gasteiger partial charge in [0, 0.05) is 39.5 Å². The largest absolute Gasteiger partial charge is 0.311 e. The molecular formula is C67H81BN2. The van der Waals surface area contributed by atoms with E-state index in [0.29, 0.717) is 0 Å². The average Bonchev–Trinajstić information content (AvgIpc) is 3.58. The highest BCUT2D eigenvalue weighted by Crippen LogP contribution is 2.57. The van der Waals surface area contributed by atoms with Gasteiger partial charge in [-0.3, -0.25) is 0 Å². The molecule has 0 atom stereocenters. The second-order valence-corrected chi connectivity index (χ2v) is 28.5. The highest BCUT2D eigenvalue weighted by Gasteiger charge is 2.50. The number of aryl methyl sites for hydroxylation is 1. The van der Waals surface area contributed by atoms with Gasteiger partial charge in [0.25, 0.3) is 6.71 Å². The van der Waals surface area contributed by atoms with E-state index in [1.54, 1.807) is 0 Å². The Kier molecular flexibility index (Phi) is 9.85. The predicted molar refractivity (Wildman–Crippen MR) is 304 cm³/mol. The molecule has 5 aliphatic rings. The number of fused-ring (bicyclic) bond motifs is 7. The van der Waals surface area contributed by atoms with Gasteiger partial charge in [0.1, 0.15) is 0 Å². The Morgan fingerprint density at radius 2 is 0.914 bits per heavy atom. The molecule has 11 rings (SSSR count). The molecule has 2 heterocycles. The first-order chi connectivity index (χ1) is 32.4. The fourth-order valence-corrected chi connectivity index (χ4v) is 15.4. The second kappa shape index (κ2) is 14.6. The molecule has 0 fully saturated rings. The summed E-state index contributed by atoms with van der Waals surface area (Å²) >= 11 is 0. The van der Waals surface area contributed by atoms with Gasteiger partial charge >= 0.3 is 0 Å². The third kappa shape index (κ3) is 6.70. The van der Waals surface area contributed by atoms with Crippen LogP contribution in [0.25, 0.3) is 0 Å². The molecular weight excluding hydrogens is 844 g/mol. The van der Waals surface area contributed by atoms with Crippen LogP contribution in [-0.4, -0.2) is 6.71 Å². The van der Waals surface area contributed by atoms with Crippen molar-refractivity contribution in [1.29, 1.82) is 0 Å². The topological polar surface area (TPSA) is 6.48 Å². The SMILES string of the molecule is Cc1cc2c(cc1N1c3cc4c(cc3B3c5ccc(C(C)(C)c6ccccc6)cc5N(c5ccc6c(c5C)C(C)(C)CC6(C)C)c5cc(C(C)(C)C)cc1c53)C(C)(C)CCC4(C)C)C(C)(C)CC2(C)C. The molecule has 0 bridgehead atoms. The summed E-state index contributed by atoms with van der Waals surface area (Å²) in [6.07, 6.45) is 4.64. The van der Waals surface area contributed by atoms with E-state index in [1.165, 1.54) is 125 Å². The lowest BCUT2D eigenvalue weighted by Gasteiger charge is -2.48. The zero-order valence-electron chi connectivity index (χ0n) is 46.5. The molecule has 3 aliphatic carbocycles. The Morgan fingerprint density at radius 1 is 0.414 bits per heavy atom. The van der Waals surface area contributed by atoms with Crippen molar-refractivity contribution in [1.82, 2.24) is 0 Å². The summed E-state index contributed by atoms with van der Waals surface area (Å²) in [4.78, 5) is 5.52. The zero-order valence-corrected chi connectivity index (χ0v) is 46.5. The maximum absolute atomic E-state index is 2.77. The van der Waals surface area contributed by atoms with Crippen molar-refractivity contribution in [2.75, 3.05) is 9.80 Å². The number of anilines is 6. The second-order valence-electron chi connectivity index (χ2n) is 28.5. The number of nitrogens with zero attached hydrogens (tertiary/aromatic N) is 2. The summed E-state index contributed by atoms with van der Waals surface area (Å²) in [5, 5.41) is 0. The minimum atomic E-state index is -0.219. The Balaban J connectivity index is 1.30. The van der Waals surface area contributed by atoms with Crippen molar-refractivity contribution in [3.05, 3.63) is 158 Å². The van der Waals surface area contributed by atoms with Crippen LogP contribution >= 0.6 is 0 Å².